The molecule has 0 aromatic carbocycles. The highest BCUT2D eigenvalue weighted by Crippen LogP contribution is 2.26. The summed E-state index contributed by atoms with van der Waals surface area (Å²) in [6.07, 6.45) is 3.46. The molecule has 29 heavy (non-hydrogen) atoms. The van der Waals surface area contributed by atoms with Crippen LogP contribution in [0, 0.1) is 0 Å². The third kappa shape index (κ3) is 4.30. The summed E-state index contributed by atoms with van der Waals surface area (Å²) >= 11 is 1.52. The highest BCUT2D eigenvalue weighted by molar-refractivity contribution is 7.14. The number of carbonyl (C=O) groups excluding carboxylic acids is 1. The van der Waals surface area contributed by atoms with Crippen molar-refractivity contribution in [1.29, 1.82) is 0 Å². The molecule has 0 aliphatic carbocycles. The van der Waals surface area contributed by atoms with E-state index in [1.807, 2.05) is 30.8 Å². The summed E-state index contributed by atoms with van der Waals surface area (Å²) in [5.41, 5.74) is 0.794. The molecule has 0 unspecified atom stereocenters. The Balaban J connectivity index is 1.43. The zero-order valence-corrected chi connectivity index (χ0v) is 17.0. The Morgan fingerprint density at radius 3 is 2.86 bits per heavy atom. The van der Waals surface area contributed by atoms with Crippen LogP contribution < -0.4 is 20.4 Å². The van der Waals surface area contributed by atoms with Gasteiger partial charge in [0.25, 0.3) is 0 Å². The number of aromatic nitrogens is 4. The van der Waals surface area contributed by atoms with E-state index in [0.29, 0.717) is 24.8 Å². The average molecular weight is 414 g/mol. The molecule has 10 nitrogen and oxygen atoms in total. The molecular weight excluding hydrogens is 392 g/mol. The lowest BCUT2D eigenvalue weighted by atomic mass is 10.4. The summed E-state index contributed by atoms with van der Waals surface area (Å²) in [6, 6.07) is 5.13. The summed E-state index contributed by atoms with van der Waals surface area (Å²) in [4.78, 5) is 25.1. The molecule has 3 aromatic rings. The fourth-order valence-electron chi connectivity index (χ4n) is 2.84. The topological polar surface area (TPSA) is 100 Å². The Morgan fingerprint density at radius 2 is 2.10 bits per heavy atom. The molecule has 0 bridgehead atoms. The third-order valence-corrected chi connectivity index (χ3v) is 5.39. The number of urea groups is 1. The van der Waals surface area contributed by atoms with Gasteiger partial charge in [-0.1, -0.05) is 0 Å². The first kappa shape index (κ1) is 19.2. The van der Waals surface area contributed by atoms with E-state index >= 15 is 0 Å². The lowest BCUT2D eigenvalue weighted by molar-refractivity contribution is 0.122. The van der Waals surface area contributed by atoms with Gasteiger partial charge in [-0.05, 0) is 6.07 Å². The molecule has 1 aliphatic rings. The van der Waals surface area contributed by atoms with E-state index in [2.05, 4.69) is 30.6 Å². The van der Waals surface area contributed by atoms with Gasteiger partial charge in [0.1, 0.15) is 17.5 Å². The summed E-state index contributed by atoms with van der Waals surface area (Å²) in [7, 11) is 3.49. The van der Waals surface area contributed by atoms with Crippen molar-refractivity contribution >= 4 is 40.0 Å². The standard InChI is InChI=1S/C18H22N8O2S/c1-19-14-4-6-26(23-14)13-3-5-20-15(11-13)21-17(27)24(2)16-12-29-18(22-16)25-7-9-28-10-8-25/h3-6,11-12H,7-10H2,1-2H3,(H,19,23)(H,20,21,27). The molecule has 4 heterocycles. The molecule has 11 heteroatoms. The summed E-state index contributed by atoms with van der Waals surface area (Å²) in [5, 5.41) is 12.9. The van der Waals surface area contributed by atoms with Crippen molar-refractivity contribution in [3.63, 3.8) is 0 Å². The van der Waals surface area contributed by atoms with Crippen molar-refractivity contribution in [2.24, 2.45) is 0 Å². The van der Waals surface area contributed by atoms with Crippen molar-refractivity contribution in [2.75, 3.05) is 60.8 Å². The van der Waals surface area contributed by atoms with Gasteiger partial charge in [-0.3, -0.25) is 10.2 Å². The number of nitrogens with one attached hydrogen (secondary N) is 2. The quantitative estimate of drug-likeness (QED) is 0.660. The molecule has 0 atom stereocenters. The Morgan fingerprint density at radius 1 is 1.28 bits per heavy atom. The first-order chi connectivity index (χ1) is 14.1. The van der Waals surface area contributed by atoms with Gasteiger partial charge in [-0.15, -0.1) is 11.3 Å². The van der Waals surface area contributed by atoms with Crippen LogP contribution in [0.5, 0.6) is 0 Å². The molecule has 3 aromatic heterocycles. The molecule has 0 saturated carbocycles. The van der Waals surface area contributed by atoms with Crippen LogP contribution in [0.4, 0.5) is 27.4 Å². The van der Waals surface area contributed by atoms with Gasteiger partial charge in [-0.25, -0.2) is 19.4 Å². The van der Waals surface area contributed by atoms with Crippen molar-refractivity contribution < 1.29 is 9.53 Å². The minimum atomic E-state index is -0.315. The van der Waals surface area contributed by atoms with E-state index in [9.17, 15) is 4.79 Å². The second-order valence-corrected chi connectivity index (χ2v) is 7.21. The predicted molar refractivity (Wildman–Crippen MR) is 113 cm³/mol. The minimum Gasteiger partial charge on any atom is -0.378 e. The maximum Gasteiger partial charge on any atom is 0.328 e. The first-order valence-electron chi connectivity index (χ1n) is 9.17. The number of hydrogen-bond acceptors (Lipinski definition) is 8. The molecule has 0 radical (unpaired) electrons. The van der Waals surface area contributed by atoms with Crippen molar-refractivity contribution in [2.45, 2.75) is 0 Å². The maximum atomic E-state index is 12.7. The minimum absolute atomic E-state index is 0.315. The number of carbonyl (C=O) groups is 1. The zero-order valence-electron chi connectivity index (χ0n) is 16.2. The third-order valence-electron chi connectivity index (χ3n) is 4.50. The number of nitrogens with zero attached hydrogens (tertiary/aromatic N) is 6. The number of thiazole rings is 1. The van der Waals surface area contributed by atoms with Crippen molar-refractivity contribution in [3.8, 4) is 5.69 Å². The van der Waals surface area contributed by atoms with Crippen LogP contribution in [0.1, 0.15) is 0 Å². The fraction of sp³-hybridized carbons (Fsp3) is 0.333. The number of rotatable bonds is 5. The van der Waals surface area contributed by atoms with Crippen LogP contribution in [0.3, 0.4) is 0 Å². The van der Waals surface area contributed by atoms with E-state index in [-0.39, 0.29) is 6.03 Å². The SMILES string of the molecule is CNc1ccn(-c2ccnc(NC(=O)N(C)c3csc(N4CCOCC4)n3)c2)n1. The number of pyridine rings is 1. The maximum absolute atomic E-state index is 12.7. The Kier molecular flexibility index (Phi) is 5.58. The van der Waals surface area contributed by atoms with Crippen LogP contribution in [0.25, 0.3) is 5.69 Å². The first-order valence-corrected chi connectivity index (χ1v) is 10.0. The normalized spacial score (nSPS) is 13.9. The van der Waals surface area contributed by atoms with Crippen LogP contribution in [-0.4, -0.2) is 66.2 Å². The van der Waals surface area contributed by atoms with Crippen LogP contribution in [-0.2, 0) is 4.74 Å². The lowest BCUT2D eigenvalue weighted by Gasteiger charge is -2.26. The largest absolute Gasteiger partial charge is 0.378 e. The molecular formula is C18H22N8O2S. The lowest BCUT2D eigenvalue weighted by Crippen LogP contribution is -2.36. The van der Waals surface area contributed by atoms with Crippen molar-refractivity contribution in [1.82, 2.24) is 19.7 Å². The van der Waals surface area contributed by atoms with Gasteiger partial charge in [0.05, 0.1) is 18.9 Å². The highest BCUT2D eigenvalue weighted by atomic mass is 32.1. The second kappa shape index (κ2) is 8.45. The van der Waals surface area contributed by atoms with Gasteiger partial charge < -0.3 is 15.0 Å². The van der Waals surface area contributed by atoms with Gasteiger partial charge >= 0.3 is 6.03 Å². The van der Waals surface area contributed by atoms with E-state index in [0.717, 1.165) is 29.7 Å². The van der Waals surface area contributed by atoms with E-state index < -0.39 is 0 Å². The number of amides is 2. The number of anilines is 4. The van der Waals surface area contributed by atoms with Crippen LogP contribution in [0.2, 0.25) is 0 Å². The Hall–Kier alpha value is -3.18. The molecule has 1 fully saturated rings. The van der Waals surface area contributed by atoms with Gasteiger partial charge in [0, 0.05) is 57.1 Å². The number of morpholine rings is 1. The van der Waals surface area contributed by atoms with Gasteiger partial charge in [0.2, 0.25) is 0 Å². The number of ether oxygens (including phenoxy) is 1. The van der Waals surface area contributed by atoms with Gasteiger partial charge in [0.15, 0.2) is 5.13 Å². The zero-order chi connectivity index (χ0) is 20.2. The summed E-state index contributed by atoms with van der Waals surface area (Å²) in [5.74, 6) is 1.78. The predicted octanol–water partition coefficient (Wildman–Crippen LogP) is 2.27. The molecule has 1 aliphatic heterocycles. The van der Waals surface area contributed by atoms with E-state index in [4.69, 9.17) is 4.74 Å². The van der Waals surface area contributed by atoms with Gasteiger partial charge in [-0.2, -0.15) is 5.10 Å². The van der Waals surface area contributed by atoms with E-state index in [1.54, 1.807) is 24.0 Å². The molecule has 1 saturated heterocycles. The summed E-state index contributed by atoms with van der Waals surface area (Å²) < 4.78 is 7.08. The van der Waals surface area contributed by atoms with Crippen molar-refractivity contribution in [3.05, 3.63) is 36.0 Å². The average Bonchev–Trinajstić information content (AvgIpc) is 3.44. The number of hydrogen-bond donors (Lipinski definition) is 2. The molecule has 2 N–H and O–H groups in total. The molecule has 2 amide bonds. The summed E-state index contributed by atoms with van der Waals surface area (Å²) in [6.45, 7) is 3.00. The Bertz CT molecular complexity index is 982. The molecule has 0 spiro atoms. The van der Waals surface area contributed by atoms with Crippen LogP contribution >= 0.6 is 11.3 Å². The monoisotopic (exact) mass is 414 g/mol. The molecule has 152 valence electrons. The van der Waals surface area contributed by atoms with E-state index in [1.165, 1.54) is 16.2 Å². The smallest absolute Gasteiger partial charge is 0.328 e. The Labute approximate surface area is 172 Å². The fourth-order valence-corrected chi connectivity index (χ4v) is 3.74. The van der Waals surface area contributed by atoms with Crippen LogP contribution in [0.15, 0.2) is 36.0 Å². The second-order valence-electron chi connectivity index (χ2n) is 6.37. The molecule has 4 rings (SSSR count). The highest BCUT2D eigenvalue weighted by Gasteiger charge is 2.19.